The van der Waals surface area contributed by atoms with Crippen LogP contribution in [0.4, 0.5) is 0 Å². The molecule has 6 aromatic carbocycles. The summed E-state index contributed by atoms with van der Waals surface area (Å²) in [6.07, 6.45) is 20.8. The number of hydrogen-bond acceptors (Lipinski definition) is 5. The minimum Gasteiger partial charge on any atom is -0.459 e. The summed E-state index contributed by atoms with van der Waals surface area (Å²) < 4.78 is 13.2. The van der Waals surface area contributed by atoms with Gasteiger partial charge >= 0.3 is 0 Å². The van der Waals surface area contributed by atoms with E-state index >= 15 is 0 Å². The minimum atomic E-state index is 0.249. The van der Waals surface area contributed by atoms with Crippen LogP contribution in [-0.2, 0) is 0 Å². The quantitative estimate of drug-likeness (QED) is 0.175. The van der Waals surface area contributed by atoms with Gasteiger partial charge in [0.1, 0.15) is 22.5 Å². The molecule has 3 aromatic heterocycles. The summed E-state index contributed by atoms with van der Waals surface area (Å²) in [6, 6.07) is 42.7. The van der Waals surface area contributed by atoms with Crippen LogP contribution in [0.15, 0.2) is 179 Å². The first-order valence-electron chi connectivity index (χ1n) is 20.4. The highest BCUT2D eigenvalue weighted by Crippen LogP contribution is 2.42. The van der Waals surface area contributed by atoms with E-state index in [2.05, 4.69) is 177 Å². The first-order valence-corrected chi connectivity index (χ1v) is 20.4. The molecule has 0 aliphatic heterocycles. The van der Waals surface area contributed by atoms with E-state index in [-0.39, 0.29) is 5.92 Å². The van der Waals surface area contributed by atoms with Crippen LogP contribution in [0.3, 0.4) is 0 Å². The zero-order chi connectivity index (χ0) is 39.0. The predicted octanol–water partition coefficient (Wildman–Crippen LogP) is 14.2. The van der Waals surface area contributed by atoms with Gasteiger partial charge in [-0.05, 0) is 75.8 Å². The number of furan rings is 2. The number of rotatable bonds is 5. The highest BCUT2D eigenvalue weighted by atomic mass is 16.3. The molecule has 59 heavy (non-hydrogen) atoms. The van der Waals surface area contributed by atoms with Crippen LogP contribution in [-0.4, -0.2) is 15.0 Å². The van der Waals surface area contributed by atoms with Crippen molar-refractivity contribution in [3.63, 3.8) is 0 Å². The first-order chi connectivity index (χ1) is 29.1. The Hall–Kier alpha value is -7.37. The lowest BCUT2D eigenvalue weighted by Crippen LogP contribution is -2.12. The van der Waals surface area contributed by atoms with E-state index in [1.165, 1.54) is 5.56 Å². The number of benzene rings is 6. The van der Waals surface area contributed by atoms with Crippen LogP contribution >= 0.6 is 0 Å². The van der Waals surface area contributed by atoms with Gasteiger partial charge in [-0.1, -0.05) is 147 Å². The van der Waals surface area contributed by atoms with Crippen molar-refractivity contribution in [3.05, 3.63) is 187 Å². The summed E-state index contributed by atoms with van der Waals surface area (Å²) in [4.78, 5) is 15.6. The molecule has 3 aliphatic rings. The molecular weight excluding hydrogens is 723 g/mol. The van der Waals surface area contributed by atoms with E-state index < -0.39 is 0 Å². The van der Waals surface area contributed by atoms with Gasteiger partial charge in [-0.3, -0.25) is 0 Å². The Morgan fingerprint density at radius 2 is 1.32 bits per heavy atom. The summed E-state index contributed by atoms with van der Waals surface area (Å²) >= 11 is 0. The third kappa shape index (κ3) is 5.65. The van der Waals surface area contributed by atoms with Gasteiger partial charge in [0, 0.05) is 50.6 Å². The number of para-hydroxylation sites is 1. The molecule has 0 saturated carbocycles. The van der Waals surface area contributed by atoms with Gasteiger partial charge in [-0.25, -0.2) is 15.0 Å². The maximum Gasteiger partial charge on any atom is 0.167 e. The smallest absolute Gasteiger partial charge is 0.167 e. The van der Waals surface area contributed by atoms with Crippen molar-refractivity contribution in [1.29, 1.82) is 0 Å². The van der Waals surface area contributed by atoms with Gasteiger partial charge < -0.3 is 8.83 Å². The summed E-state index contributed by atoms with van der Waals surface area (Å²) in [7, 11) is 0. The maximum absolute atomic E-state index is 6.68. The molecule has 9 aromatic rings. The molecule has 0 N–H and O–H groups in total. The van der Waals surface area contributed by atoms with Gasteiger partial charge in [0.15, 0.2) is 17.5 Å². The van der Waals surface area contributed by atoms with Crippen LogP contribution in [0.1, 0.15) is 36.4 Å². The third-order valence-electron chi connectivity index (χ3n) is 12.2. The van der Waals surface area contributed by atoms with Gasteiger partial charge in [0.2, 0.25) is 0 Å². The molecule has 0 saturated heterocycles. The molecule has 0 fully saturated rings. The fourth-order valence-corrected chi connectivity index (χ4v) is 9.18. The molecule has 0 bridgehead atoms. The Kier molecular flexibility index (Phi) is 7.64. The van der Waals surface area contributed by atoms with E-state index in [0.29, 0.717) is 29.3 Å². The van der Waals surface area contributed by atoms with Crippen LogP contribution in [0.5, 0.6) is 0 Å². The molecule has 0 spiro atoms. The summed E-state index contributed by atoms with van der Waals surface area (Å²) in [5, 5.41) is 5.53. The van der Waals surface area contributed by atoms with E-state index in [1.807, 2.05) is 6.07 Å². The van der Waals surface area contributed by atoms with Crippen molar-refractivity contribution >= 4 is 55.3 Å². The lowest BCUT2D eigenvalue weighted by atomic mass is 9.83. The minimum absolute atomic E-state index is 0.249. The Morgan fingerprint density at radius 1 is 0.542 bits per heavy atom. The van der Waals surface area contributed by atoms with Gasteiger partial charge in [-0.2, -0.15) is 0 Å². The van der Waals surface area contributed by atoms with Crippen LogP contribution in [0.25, 0.3) is 100 Å². The summed E-state index contributed by atoms with van der Waals surface area (Å²) in [6.45, 7) is 2.22. The standard InChI is InChI=1S/C54H37N3O2/c1-32-10-7-16-43-44-17-8-18-46(51(44)59-50(32)43)54-56-52(39-24-21-34-13-5-6-14-36(34)28-39)55-53(57-54)40-25-22-35-20-23-38(29-41(35)30-40)42-15-9-19-47-49(42)45-27-26-37(31-48(45)58-47)33-11-3-2-4-12-33/h2-9,11-32,34,36H,10H2,1H3. The highest BCUT2D eigenvalue weighted by molar-refractivity contribution is 6.13. The molecule has 280 valence electrons. The number of aromatic nitrogens is 3. The topological polar surface area (TPSA) is 65.0 Å². The fraction of sp³-hybridized carbons (Fsp3) is 0.0926. The van der Waals surface area contributed by atoms with Crippen molar-refractivity contribution in [3.8, 4) is 45.0 Å². The fourth-order valence-electron chi connectivity index (χ4n) is 9.18. The monoisotopic (exact) mass is 759 g/mol. The maximum atomic E-state index is 6.68. The van der Waals surface area contributed by atoms with Gasteiger partial charge in [-0.15, -0.1) is 0 Å². The SMILES string of the molecule is CC1CC=Cc2c1oc1c(-c3nc(C4=CC5C=CC=CC5C=C4)nc(-c4ccc5ccc(-c6cccc7oc8cc(-c9ccccc9)ccc8c67)cc5c4)n3)cccc21. The molecule has 5 nitrogen and oxygen atoms in total. The van der Waals surface area contributed by atoms with E-state index in [4.69, 9.17) is 23.8 Å². The van der Waals surface area contributed by atoms with Crippen molar-refractivity contribution in [2.45, 2.75) is 19.3 Å². The Labute approximate surface area is 341 Å². The van der Waals surface area contributed by atoms with Crippen LogP contribution in [0.2, 0.25) is 0 Å². The van der Waals surface area contributed by atoms with Crippen molar-refractivity contribution < 1.29 is 8.83 Å². The largest absolute Gasteiger partial charge is 0.459 e. The number of allylic oxidation sites excluding steroid dienone is 9. The van der Waals surface area contributed by atoms with Crippen LogP contribution in [0, 0.1) is 11.8 Å². The summed E-state index contributed by atoms with van der Waals surface area (Å²) in [5.74, 6) is 3.76. The zero-order valence-electron chi connectivity index (χ0n) is 32.3. The molecular formula is C54H37N3O2. The number of fused-ring (bicyclic) bond motifs is 8. The second-order valence-corrected chi connectivity index (χ2v) is 15.9. The number of nitrogens with zero attached hydrogens (tertiary/aromatic N) is 3. The summed E-state index contributed by atoms with van der Waals surface area (Å²) in [5.41, 5.74) is 11.0. The van der Waals surface area contributed by atoms with Crippen molar-refractivity contribution in [1.82, 2.24) is 15.0 Å². The molecule has 3 atom stereocenters. The highest BCUT2D eigenvalue weighted by Gasteiger charge is 2.25. The Bertz CT molecular complexity index is 3340. The van der Waals surface area contributed by atoms with E-state index in [0.717, 1.165) is 94.8 Å². The second-order valence-electron chi connectivity index (χ2n) is 15.9. The average molecular weight is 760 g/mol. The van der Waals surface area contributed by atoms with Crippen molar-refractivity contribution in [2.24, 2.45) is 11.8 Å². The van der Waals surface area contributed by atoms with Crippen LogP contribution < -0.4 is 0 Å². The molecule has 3 aliphatic carbocycles. The van der Waals surface area contributed by atoms with Gasteiger partial charge in [0.05, 0.1) is 5.56 Å². The zero-order valence-corrected chi connectivity index (χ0v) is 32.3. The molecule has 5 heteroatoms. The lowest BCUT2D eigenvalue weighted by molar-refractivity contribution is 0.504. The van der Waals surface area contributed by atoms with E-state index in [9.17, 15) is 0 Å². The molecule has 3 heterocycles. The second kappa shape index (κ2) is 13.4. The Balaban J connectivity index is 0.993. The Morgan fingerprint density at radius 3 is 2.24 bits per heavy atom. The van der Waals surface area contributed by atoms with Crippen molar-refractivity contribution in [2.75, 3.05) is 0 Å². The van der Waals surface area contributed by atoms with Gasteiger partial charge in [0.25, 0.3) is 0 Å². The lowest BCUT2D eigenvalue weighted by Gasteiger charge is -2.22. The third-order valence-corrected chi connectivity index (χ3v) is 12.2. The first kappa shape index (κ1) is 33.7. The normalized spacial score (nSPS) is 18.2. The average Bonchev–Trinajstić information content (AvgIpc) is 3.88. The molecule has 12 rings (SSSR count). The molecule has 0 amide bonds. The molecule has 3 unspecified atom stereocenters. The number of hydrogen-bond donors (Lipinski definition) is 0. The molecule has 0 radical (unpaired) electrons. The predicted molar refractivity (Wildman–Crippen MR) is 241 cm³/mol. The van der Waals surface area contributed by atoms with E-state index in [1.54, 1.807) is 0 Å².